The lowest BCUT2D eigenvalue weighted by atomic mass is 10.1. The molecule has 0 aliphatic carbocycles. The van der Waals surface area contributed by atoms with Crippen LogP contribution in [0.2, 0.25) is 0 Å². The van der Waals surface area contributed by atoms with E-state index in [4.69, 9.17) is 14.9 Å². The van der Waals surface area contributed by atoms with Crippen molar-refractivity contribution in [3.63, 3.8) is 0 Å². The van der Waals surface area contributed by atoms with Crippen molar-refractivity contribution in [1.29, 1.82) is 5.41 Å². The predicted molar refractivity (Wildman–Crippen MR) is 93.9 cm³/mol. The number of ether oxygens (including phenoxy) is 2. The predicted octanol–water partition coefficient (Wildman–Crippen LogP) is 4.98. The smallest absolute Gasteiger partial charge is 0.184 e. The van der Waals surface area contributed by atoms with E-state index in [1.165, 1.54) is 12.6 Å². The van der Waals surface area contributed by atoms with E-state index < -0.39 is 0 Å². The summed E-state index contributed by atoms with van der Waals surface area (Å²) in [6, 6.07) is 19.7. The Morgan fingerprint density at radius 3 is 2.26 bits per heavy atom. The quantitative estimate of drug-likeness (QED) is 0.810. The summed E-state index contributed by atoms with van der Waals surface area (Å²) in [4.78, 5) is 0. The molecule has 122 valence electrons. The molecular weight excluding hydrogens is 286 g/mol. The normalized spacial score (nSPS) is 20.2. The summed E-state index contributed by atoms with van der Waals surface area (Å²) in [6.45, 7) is 3.00. The van der Waals surface area contributed by atoms with Crippen LogP contribution < -0.4 is 0 Å². The van der Waals surface area contributed by atoms with Crippen molar-refractivity contribution in [2.75, 3.05) is 6.61 Å². The Morgan fingerprint density at radius 1 is 1.04 bits per heavy atom. The average molecular weight is 311 g/mol. The van der Waals surface area contributed by atoms with Crippen LogP contribution in [-0.2, 0) is 9.47 Å². The van der Waals surface area contributed by atoms with Gasteiger partial charge >= 0.3 is 0 Å². The Balaban J connectivity index is 0.000000203. The van der Waals surface area contributed by atoms with Gasteiger partial charge in [0.2, 0.25) is 0 Å². The Morgan fingerprint density at radius 2 is 1.70 bits per heavy atom. The molecule has 1 N–H and O–H groups in total. The van der Waals surface area contributed by atoms with Crippen LogP contribution in [0.25, 0.3) is 0 Å². The summed E-state index contributed by atoms with van der Waals surface area (Å²) >= 11 is 0. The van der Waals surface area contributed by atoms with Crippen molar-refractivity contribution in [3.05, 3.63) is 71.8 Å². The minimum absolute atomic E-state index is 0.156. The molecule has 23 heavy (non-hydrogen) atoms. The fourth-order valence-electron chi connectivity index (χ4n) is 2.46. The van der Waals surface area contributed by atoms with Gasteiger partial charge in [-0.15, -0.1) is 0 Å². The van der Waals surface area contributed by atoms with Crippen LogP contribution in [0.15, 0.2) is 60.7 Å². The Labute approximate surface area is 138 Å². The van der Waals surface area contributed by atoms with Crippen molar-refractivity contribution in [3.8, 4) is 0 Å². The number of rotatable bonds is 4. The second-order valence-electron chi connectivity index (χ2n) is 5.50. The first-order valence-electron chi connectivity index (χ1n) is 8.21. The summed E-state index contributed by atoms with van der Waals surface area (Å²) < 4.78 is 11.5. The van der Waals surface area contributed by atoms with Crippen molar-refractivity contribution >= 4 is 6.21 Å². The highest BCUT2D eigenvalue weighted by Gasteiger charge is 2.23. The second kappa shape index (κ2) is 9.93. The molecule has 0 bridgehead atoms. The second-order valence-corrected chi connectivity index (χ2v) is 5.50. The van der Waals surface area contributed by atoms with E-state index in [0.29, 0.717) is 6.10 Å². The van der Waals surface area contributed by atoms with Crippen LogP contribution in [0.3, 0.4) is 0 Å². The third-order valence-electron chi connectivity index (χ3n) is 3.67. The van der Waals surface area contributed by atoms with Crippen molar-refractivity contribution in [2.24, 2.45) is 0 Å². The molecule has 2 atom stereocenters. The van der Waals surface area contributed by atoms with Gasteiger partial charge in [-0.25, -0.2) is 0 Å². The number of hydrogen-bond donors (Lipinski definition) is 1. The lowest BCUT2D eigenvalue weighted by molar-refractivity contribution is -0.218. The highest BCUT2D eigenvalue weighted by Crippen LogP contribution is 2.27. The molecule has 0 amide bonds. The molecular formula is C20H25NO2. The first-order valence-corrected chi connectivity index (χ1v) is 8.21. The molecule has 3 nitrogen and oxygen atoms in total. The summed E-state index contributed by atoms with van der Waals surface area (Å²) in [5.74, 6) is 0. The molecule has 0 spiro atoms. The van der Waals surface area contributed by atoms with Gasteiger partial charge in [-0.2, -0.15) is 0 Å². The Kier molecular flexibility index (Phi) is 7.50. The molecule has 0 saturated carbocycles. The first kappa shape index (κ1) is 17.4. The highest BCUT2D eigenvalue weighted by molar-refractivity contribution is 5.76. The minimum Gasteiger partial charge on any atom is -0.348 e. The first-order chi connectivity index (χ1) is 11.3. The molecule has 1 fully saturated rings. The van der Waals surface area contributed by atoms with Gasteiger partial charge in [0.1, 0.15) is 0 Å². The summed E-state index contributed by atoms with van der Waals surface area (Å²) in [6.07, 6.45) is 4.88. The Hall–Kier alpha value is -1.97. The molecule has 3 rings (SSSR count). The molecule has 3 heteroatoms. The van der Waals surface area contributed by atoms with E-state index in [0.717, 1.165) is 30.6 Å². The maximum atomic E-state index is 6.82. The van der Waals surface area contributed by atoms with Gasteiger partial charge in [-0.3, -0.25) is 0 Å². The van der Waals surface area contributed by atoms with Gasteiger partial charge in [-0.05, 0) is 18.4 Å². The number of benzene rings is 2. The fraction of sp³-hybridized carbons (Fsp3) is 0.350. The number of hydrogen-bond acceptors (Lipinski definition) is 3. The van der Waals surface area contributed by atoms with Crippen molar-refractivity contribution < 1.29 is 9.47 Å². The lowest BCUT2D eigenvalue weighted by Crippen LogP contribution is -2.26. The topological polar surface area (TPSA) is 42.3 Å². The van der Waals surface area contributed by atoms with Crippen LogP contribution in [0.5, 0.6) is 0 Å². The van der Waals surface area contributed by atoms with E-state index in [1.807, 2.05) is 48.5 Å². The molecule has 1 heterocycles. The molecule has 1 aliphatic rings. The molecule has 1 saturated heterocycles. The van der Waals surface area contributed by atoms with E-state index in [1.54, 1.807) is 0 Å². The average Bonchev–Trinajstić information content (AvgIpc) is 2.64. The van der Waals surface area contributed by atoms with Gasteiger partial charge in [0.25, 0.3) is 0 Å². The van der Waals surface area contributed by atoms with Gasteiger partial charge in [0.15, 0.2) is 6.29 Å². The highest BCUT2D eigenvalue weighted by atomic mass is 16.7. The van der Waals surface area contributed by atoms with Gasteiger partial charge in [-0.1, -0.05) is 74.0 Å². The minimum atomic E-state index is -0.156. The van der Waals surface area contributed by atoms with Gasteiger partial charge < -0.3 is 14.9 Å². The lowest BCUT2D eigenvalue weighted by Gasteiger charge is -2.30. The van der Waals surface area contributed by atoms with Crippen molar-refractivity contribution in [1.82, 2.24) is 0 Å². The SMILES string of the molecule is CCCC1CCOC(c2ccccc2)O1.N=Cc1ccccc1. The third kappa shape index (κ3) is 5.97. The zero-order valence-corrected chi connectivity index (χ0v) is 13.7. The summed E-state index contributed by atoms with van der Waals surface area (Å²) in [7, 11) is 0. The van der Waals surface area contributed by atoms with Crippen molar-refractivity contribution in [2.45, 2.75) is 38.6 Å². The largest absolute Gasteiger partial charge is 0.348 e. The molecule has 2 aromatic rings. The fourth-order valence-corrected chi connectivity index (χ4v) is 2.46. The molecule has 0 radical (unpaired) electrons. The van der Waals surface area contributed by atoms with E-state index >= 15 is 0 Å². The van der Waals surface area contributed by atoms with Crippen LogP contribution >= 0.6 is 0 Å². The van der Waals surface area contributed by atoms with E-state index in [-0.39, 0.29) is 6.29 Å². The zero-order valence-electron chi connectivity index (χ0n) is 13.7. The standard InChI is InChI=1S/C13H18O2.C7H7N/c1-2-6-12-9-10-14-13(15-12)11-7-4-3-5-8-11;8-6-7-4-2-1-3-5-7/h3-5,7-8,12-13H,2,6,9-10H2,1H3;1-6,8H. The third-order valence-corrected chi connectivity index (χ3v) is 3.67. The maximum Gasteiger partial charge on any atom is 0.184 e. The van der Waals surface area contributed by atoms with Crippen LogP contribution in [0.4, 0.5) is 0 Å². The zero-order chi connectivity index (χ0) is 16.3. The molecule has 2 unspecified atom stereocenters. The monoisotopic (exact) mass is 311 g/mol. The van der Waals surface area contributed by atoms with Gasteiger partial charge in [0, 0.05) is 11.8 Å². The molecule has 1 aliphatic heterocycles. The van der Waals surface area contributed by atoms with Crippen LogP contribution in [0.1, 0.15) is 43.6 Å². The van der Waals surface area contributed by atoms with Gasteiger partial charge in [0.05, 0.1) is 12.7 Å². The van der Waals surface area contributed by atoms with E-state index in [9.17, 15) is 0 Å². The van der Waals surface area contributed by atoms with Crippen LogP contribution in [0, 0.1) is 5.41 Å². The number of nitrogens with one attached hydrogen (secondary N) is 1. The molecule has 2 aromatic carbocycles. The van der Waals surface area contributed by atoms with Crippen LogP contribution in [-0.4, -0.2) is 18.9 Å². The molecule has 0 aromatic heterocycles. The maximum absolute atomic E-state index is 6.82. The van der Waals surface area contributed by atoms with E-state index in [2.05, 4.69) is 19.1 Å². The summed E-state index contributed by atoms with van der Waals surface area (Å²) in [5.41, 5.74) is 2.07. The Bertz CT molecular complexity index is 554. The summed E-state index contributed by atoms with van der Waals surface area (Å²) in [5, 5.41) is 6.82.